The maximum Gasteiger partial charge on any atom is 0.131 e. The van der Waals surface area contributed by atoms with Crippen LogP contribution in [0, 0.1) is 17.3 Å². The third kappa shape index (κ3) is 6.38. The molecule has 0 radical (unpaired) electrons. The molecule has 0 amide bonds. The standard InChI is InChI=1S/C24H34N2O3Si/c1-24(2,3)10-9-20-15-26(17-28-11-12-30(4,5)6)23(25-20)19-13-18-14-21(27)7-8-22(18)29-16-19/h7-8,14-15,19,27H,11-13,16-17H2,1-6H3. The zero-order valence-corrected chi connectivity index (χ0v) is 20.1. The van der Waals surface area contributed by atoms with Crippen LogP contribution in [0.3, 0.4) is 0 Å². The number of phenols is 1. The second-order valence-corrected chi connectivity index (χ2v) is 15.9. The maximum atomic E-state index is 9.85. The largest absolute Gasteiger partial charge is 0.508 e. The Balaban J connectivity index is 1.82. The van der Waals surface area contributed by atoms with E-state index in [0.717, 1.165) is 41.9 Å². The fourth-order valence-corrected chi connectivity index (χ4v) is 4.02. The van der Waals surface area contributed by atoms with E-state index < -0.39 is 8.07 Å². The average molecular weight is 427 g/mol. The molecule has 1 aliphatic heterocycles. The average Bonchev–Trinajstić information content (AvgIpc) is 3.05. The minimum atomic E-state index is -1.13. The highest BCUT2D eigenvalue weighted by atomic mass is 28.3. The first kappa shape index (κ1) is 22.5. The van der Waals surface area contributed by atoms with E-state index in [0.29, 0.717) is 13.3 Å². The highest BCUT2D eigenvalue weighted by molar-refractivity contribution is 6.76. The number of rotatable bonds is 6. The summed E-state index contributed by atoms with van der Waals surface area (Å²) in [5.41, 5.74) is 1.68. The number of phenolic OH excluding ortho intramolecular Hbond substituents is 1. The van der Waals surface area contributed by atoms with Crippen LogP contribution in [0.5, 0.6) is 11.5 Å². The molecule has 1 aromatic carbocycles. The number of nitrogens with zero attached hydrogens (tertiary/aromatic N) is 2. The fraction of sp³-hybridized carbons (Fsp3) is 0.542. The molecule has 0 saturated carbocycles. The van der Waals surface area contributed by atoms with Gasteiger partial charge < -0.3 is 19.1 Å². The molecule has 0 aliphatic carbocycles. The van der Waals surface area contributed by atoms with Gasteiger partial charge >= 0.3 is 0 Å². The van der Waals surface area contributed by atoms with Gasteiger partial charge in [0, 0.05) is 26.3 Å². The number of hydrogen-bond acceptors (Lipinski definition) is 4. The molecule has 1 aliphatic rings. The maximum absolute atomic E-state index is 9.85. The van der Waals surface area contributed by atoms with Crippen molar-refractivity contribution < 1.29 is 14.6 Å². The molecule has 162 valence electrons. The molecule has 3 rings (SSSR count). The zero-order valence-electron chi connectivity index (χ0n) is 19.1. The number of aromatic hydroxyl groups is 1. The monoisotopic (exact) mass is 426 g/mol. The first-order valence-corrected chi connectivity index (χ1v) is 14.3. The zero-order chi connectivity index (χ0) is 21.9. The molecule has 2 aromatic rings. The Bertz CT molecular complexity index is 942. The van der Waals surface area contributed by atoms with Gasteiger partial charge in [0.2, 0.25) is 0 Å². The van der Waals surface area contributed by atoms with Crippen LogP contribution < -0.4 is 4.74 Å². The van der Waals surface area contributed by atoms with Crippen molar-refractivity contribution in [1.29, 1.82) is 0 Å². The van der Waals surface area contributed by atoms with E-state index in [1.165, 1.54) is 0 Å². The Labute approximate surface area is 181 Å². The number of imidazole rings is 1. The quantitative estimate of drug-likeness (QED) is 0.400. The van der Waals surface area contributed by atoms with Gasteiger partial charge in [0.1, 0.15) is 29.7 Å². The van der Waals surface area contributed by atoms with E-state index in [1.54, 1.807) is 12.1 Å². The molecule has 5 nitrogen and oxygen atoms in total. The number of fused-ring (bicyclic) bond motifs is 1. The van der Waals surface area contributed by atoms with Gasteiger partial charge in [-0.3, -0.25) is 0 Å². The van der Waals surface area contributed by atoms with Crippen molar-refractivity contribution in [2.24, 2.45) is 5.41 Å². The van der Waals surface area contributed by atoms with Crippen molar-refractivity contribution in [3.8, 4) is 23.3 Å². The smallest absolute Gasteiger partial charge is 0.131 e. The lowest BCUT2D eigenvalue weighted by Gasteiger charge is -2.25. The Kier molecular flexibility index (Phi) is 6.64. The molecule has 30 heavy (non-hydrogen) atoms. The molecular formula is C24H34N2O3Si. The van der Waals surface area contributed by atoms with Crippen LogP contribution in [0.25, 0.3) is 0 Å². The summed E-state index contributed by atoms with van der Waals surface area (Å²) in [7, 11) is -1.13. The summed E-state index contributed by atoms with van der Waals surface area (Å²) in [6, 6.07) is 6.40. The highest BCUT2D eigenvalue weighted by Gasteiger charge is 2.26. The molecule has 1 aromatic heterocycles. The van der Waals surface area contributed by atoms with E-state index in [2.05, 4.69) is 56.8 Å². The van der Waals surface area contributed by atoms with E-state index >= 15 is 0 Å². The molecule has 1 unspecified atom stereocenters. The lowest BCUT2D eigenvalue weighted by Crippen LogP contribution is -2.24. The molecule has 1 atom stereocenters. The van der Waals surface area contributed by atoms with Crippen LogP contribution in [-0.4, -0.2) is 35.9 Å². The van der Waals surface area contributed by atoms with Gasteiger partial charge in [-0.25, -0.2) is 4.98 Å². The second-order valence-electron chi connectivity index (χ2n) is 10.3. The van der Waals surface area contributed by atoms with Crippen LogP contribution in [0.1, 0.15) is 43.8 Å². The van der Waals surface area contributed by atoms with E-state index in [-0.39, 0.29) is 17.1 Å². The van der Waals surface area contributed by atoms with Crippen molar-refractivity contribution in [3.05, 3.63) is 41.5 Å². The fourth-order valence-electron chi connectivity index (χ4n) is 3.26. The van der Waals surface area contributed by atoms with Crippen LogP contribution in [0.15, 0.2) is 24.4 Å². The number of benzene rings is 1. The summed E-state index contributed by atoms with van der Waals surface area (Å²) in [5, 5.41) is 9.85. The molecule has 2 heterocycles. The Morgan fingerprint density at radius 3 is 2.77 bits per heavy atom. The minimum absolute atomic E-state index is 0.0812. The van der Waals surface area contributed by atoms with Gasteiger partial charge in [-0.15, -0.1) is 0 Å². The molecule has 1 N–H and O–H groups in total. The van der Waals surface area contributed by atoms with Gasteiger partial charge in [0.05, 0.1) is 12.5 Å². The van der Waals surface area contributed by atoms with Crippen LogP contribution in [0.2, 0.25) is 25.7 Å². The highest BCUT2D eigenvalue weighted by Crippen LogP contribution is 2.34. The molecule has 6 heteroatoms. The first-order chi connectivity index (χ1) is 14.0. The Hall–Kier alpha value is -2.23. The SMILES string of the molecule is CC(C)(C)C#Cc1cn(COCC[Si](C)(C)C)c(C2COc3ccc(O)cc3C2)n1. The first-order valence-electron chi connectivity index (χ1n) is 10.6. The van der Waals surface area contributed by atoms with Gasteiger partial charge in [-0.05, 0) is 62.9 Å². The molecule has 0 fully saturated rings. The van der Waals surface area contributed by atoms with Crippen LogP contribution in [0.4, 0.5) is 0 Å². The van der Waals surface area contributed by atoms with Crippen molar-refractivity contribution in [1.82, 2.24) is 9.55 Å². The lowest BCUT2D eigenvalue weighted by molar-refractivity contribution is 0.0830. The predicted molar refractivity (Wildman–Crippen MR) is 123 cm³/mol. The summed E-state index contributed by atoms with van der Waals surface area (Å²) in [6.07, 6.45) is 2.75. The number of hydrogen-bond donors (Lipinski definition) is 1. The lowest BCUT2D eigenvalue weighted by atomic mass is 9.96. The summed E-state index contributed by atoms with van der Waals surface area (Å²) >= 11 is 0. The molecular weight excluding hydrogens is 392 g/mol. The summed E-state index contributed by atoms with van der Waals surface area (Å²) in [6.45, 7) is 15.1. The summed E-state index contributed by atoms with van der Waals surface area (Å²) < 4.78 is 14.0. The molecule has 0 bridgehead atoms. The van der Waals surface area contributed by atoms with Crippen molar-refractivity contribution in [3.63, 3.8) is 0 Å². The van der Waals surface area contributed by atoms with E-state index in [9.17, 15) is 5.11 Å². The van der Waals surface area contributed by atoms with Crippen LogP contribution in [-0.2, 0) is 17.9 Å². The Morgan fingerprint density at radius 2 is 2.07 bits per heavy atom. The van der Waals surface area contributed by atoms with Crippen molar-refractivity contribution >= 4 is 8.07 Å². The van der Waals surface area contributed by atoms with Crippen LogP contribution >= 0.6 is 0 Å². The summed E-state index contributed by atoms with van der Waals surface area (Å²) in [5.74, 6) is 8.59. The van der Waals surface area contributed by atoms with E-state index in [1.807, 2.05) is 12.3 Å². The third-order valence-electron chi connectivity index (χ3n) is 4.92. The van der Waals surface area contributed by atoms with Crippen molar-refractivity contribution in [2.75, 3.05) is 13.2 Å². The predicted octanol–water partition coefficient (Wildman–Crippen LogP) is 5.02. The van der Waals surface area contributed by atoms with Gasteiger partial charge in [0.25, 0.3) is 0 Å². The number of aromatic nitrogens is 2. The van der Waals surface area contributed by atoms with Crippen molar-refractivity contribution in [2.45, 2.75) is 65.5 Å². The summed E-state index contributed by atoms with van der Waals surface area (Å²) in [4.78, 5) is 4.84. The van der Waals surface area contributed by atoms with Gasteiger partial charge in [0.15, 0.2) is 0 Å². The normalized spacial score (nSPS) is 16.4. The third-order valence-corrected chi connectivity index (χ3v) is 6.62. The molecule has 0 saturated heterocycles. The topological polar surface area (TPSA) is 56.5 Å². The van der Waals surface area contributed by atoms with Gasteiger partial charge in [-0.1, -0.05) is 25.6 Å². The van der Waals surface area contributed by atoms with E-state index in [4.69, 9.17) is 14.5 Å². The molecule has 0 spiro atoms. The second kappa shape index (κ2) is 8.87. The van der Waals surface area contributed by atoms with Gasteiger partial charge in [-0.2, -0.15) is 0 Å². The Morgan fingerprint density at radius 1 is 1.30 bits per heavy atom. The minimum Gasteiger partial charge on any atom is -0.508 e. The number of ether oxygens (including phenoxy) is 2.